The molecule has 0 unspecified atom stereocenters. The van der Waals surface area contributed by atoms with Gasteiger partial charge in [-0.2, -0.15) is 0 Å². The summed E-state index contributed by atoms with van der Waals surface area (Å²) in [7, 11) is 1.59. The van der Waals surface area contributed by atoms with Crippen LogP contribution in [0.4, 0.5) is 21.6 Å². The van der Waals surface area contributed by atoms with Gasteiger partial charge in [-0.15, -0.1) is 0 Å². The molecule has 1 fully saturated rings. The Morgan fingerprint density at radius 1 is 1.00 bits per heavy atom. The summed E-state index contributed by atoms with van der Waals surface area (Å²) in [5.41, 5.74) is 4.08. The summed E-state index contributed by atoms with van der Waals surface area (Å²) >= 11 is 0. The van der Waals surface area contributed by atoms with E-state index in [0.29, 0.717) is 40.5 Å². The number of nitrogens with zero attached hydrogens (tertiary/aromatic N) is 3. The van der Waals surface area contributed by atoms with Gasteiger partial charge in [0.15, 0.2) is 11.5 Å². The molecule has 8 heteroatoms. The number of aromatic nitrogens is 2. The fraction of sp³-hybridized carbons (Fsp3) is 0.259. The highest BCUT2D eigenvalue weighted by molar-refractivity contribution is 5.93. The predicted molar refractivity (Wildman–Crippen MR) is 134 cm³/mol. The number of fused-ring (bicyclic) bond motifs is 1. The number of rotatable bonds is 7. The van der Waals surface area contributed by atoms with Crippen LogP contribution in [0.5, 0.6) is 11.5 Å². The SMILES string of the molecule is COc1cc2c(Nc3ccc(C)cc3F)ncnc2cc1OCc1ccc(N2CCOCC2)cc1. The number of methoxy groups -OCH3 is 1. The third-order valence-electron chi connectivity index (χ3n) is 6.01. The lowest BCUT2D eigenvalue weighted by Crippen LogP contribution is -2.36. The van der Waals surface area contributed by atoms with E-state index in [0.717, 1.165) is 37.4 Å². The molecule has 35 heavy (non-hydrogen) atoms. The standard InChI is InChI=1S/C27H27FN4O3/c1-18-3-8-23(22(28)13-18)31-27-21-14-25(33-2)26(15-24(21)29-17-30-27)35-16-19-4-6-20(7-5-19)32-9-11-34-12-10-32/h3-8,13-15,17H,9-12,16H2,1-2H3,(H,29,30,31). The summed E-state index contributed by atoms with van der Waals surface area (Å²) in [6.45, 7) is 5.55. The van der Waals surface area contributed by atoms with Gasteiger partial charge in [-0.1, -0.05) is 18.2 Å². The average molecular weight is 475 g/mol. The Labute approximate surface area is 203 Å². The number of benzene rings is 3. The van der Waals surface area contributed by atoms with Crippen LogP contribution in [-0.2, 0) is 11.3 Å². The van der Waals surface area contributed by atoms with Gasteiger partial charge in [0.2, 0.25) is 0 Å². The summed E-state index contributed by atoms with van der Waals surface area (Å²) in [5, 5.41) is 3.77. The van der Waals surface area contributed by atoms with Crippen molar-refractivity contribution in [1.82, 2.24) is 9.97 Å². The maximum atomic E-state index is 14.4. The molecule has 1 aliphatic heterocycles. The van der Waals surface area contributed by atoms with Gasteiger partial charge in [0.1, 0.15) is 24.6 Å². The number of hydrogen-bond donors (Lipinski definition) is 1. The molecule has 0 aliphatic carbocycles. The van der Waals surface area contributed by atoms with Crippen molar-refractivity contribution in [1.29, 1.82) is 0 Å². The highest BCUT2D eigenvalue weighted by Gasteiger charge is 2.14. The van der Waals surface area contributed by atoms with Crippen molar-refractivity contribution in [2.45, 2.75) is 13.5 Å². The molecule has 1 saturated heterocycles. The van der Waals surface area contributed by atoms with Crippen LogP contribution >= 0.6 is 0 Å². The van der Waals surface area contributed by atoms with Gasteiger partial charge >= 0.3 is 0 Å². The third kappa shape index (κ3) is 5.12. The number of ether oxygens (including phenoxy) is 3. The van der Waals surface area contributed by atoms with Crippen LogP contribution in [0.15, 0.2) is 60.9 Å². The van der Waals surface area contributed by atoms with E-state index in [1.165, 1.54) is 18.1 Å². The van der Waals surface area contributed by atoms with E-state index in [2.05, 4.69) is 44.5 Å². The molecule has 180 valence electrons. The number of halogens is 1. The molecule has 1 aliphatic rings. The first-order chi connectivity index (χ1) is 17.1. The molecule has 1 aromatic heterocycles. The van der Waals surface area contributed by atoms with Crippen molar-refractivity contribution in [3.63, 3.8) is 0 Å². The topological polar surface area (TPSA) is 68.7 Å². The molecule has 7 nitrogen and oxygen atoms in total. The van der Waals surface area contributed by atoms with Crippen molar-refractivity contribution in [2.75, 3.05) is 43.6 Å². The van der Waals surface area contributed by atoms with Crippen molar-refractivity contribution < 1.29 is 18.6 Å². The highest BCUT2D eigenvalue weighted by Crippen LogP contribution is 2.35. The van der Waals surface area contributed by atoms with E-state index in [-0.39, 0.29) is 5.82 Å². The zero-order valence-corrected chi connectivity index (χ0v) is 19.8. The molecule has 0 atom stereocenters. The molecule has 0 radical (unpaired) electrons. The van der Waals surface area contributed by atoms with Gasteiger partial charge in [-0.25, -0.2) is 14.4 Å². The minimum absolute atomic E-state index is 0.343. The lowest BCUT2D eigenvalue weighted by Gasteiger charge is -2.28. The Kier molecular flexibility index (Phi) is 6.63. The number of anilines is 3. The molecule has 0 bridgehead atoms. The molecule has 3 aromatic carbocycles. The van der Waals surface area contributed by atoms with Crippen LogP contribution in [-0.4, -0.2) is 43.4 Å². The molecular weight excluding hydrogens is 447 g/mol. The molecule has 0 spiro atoms. The molecular formula is C27H27FN4O3. The lowest BCUT2D eigenvalue weighted by atomic mass is 10.1. The van der Waals surface area contributed by atoms with Crippen LogP contribution in [0.3, 0.4) is 0 Å². The van der Waals surface area contributed by atoms with Gasteiger partial charge in [0.05, 0.1) is 31.5 Å². The Balaban J connectivity index is 1.35. The summed E-state index contributed by atoms with van der Waals surface area (Å²) < 4.78 is 31.5. The maximum Gasteiger partial charge on any atom is 0.163 e. The van der Waals surface area contributed by atoms with Crippen LogP contribution in [0.1, 0.15) is 11.1 Å². The number of morpholine rings is 1. The van der Waals surface area contributed by atoms with E-state index < -0.39 is 0 Å². The second-order valence-corrected chi connectivity index (χ2v) is 8.41. The maximum absolute atomic E-state index is 14.4. The molecule has 4 aromatic rings. The van der Waals surface area contributed by atoms with Crippen LogP contribution in [0.25, 0.3) is 10.9 Å². The Morgan fingerprint density at radius 3 is 2.54 bits per heavy atom. The van der Waals surface area contributed by atoms with Crippen LogP contribution in [0.2, 0.25) is 0 Å². The van der Waals surface area contributed by atoms with Crippen molar-refractivity contribution in [3.05, 3.63) is 77.9 Å². The molecule has 5 rings (SSSR count). The fourth-order valence-corrected chi connectivity index (χ4v) is 4.07. The molecule has 2 heterocycles. The van der Waals surface area contributed by atoms with Crippen molar-refractivity contribution in [3.8, 4) is 11.5 Å². The highest BCUT2D eigenvalue weighted by atomic mass is 19.1. The smallest absolute Gasteiger partial charge is 0.163 e. The zero-order chi connectivity index (χ0) is 24.2. The number of aryl methyl sites for hydroxylation is 1. The Bertz CT molecular complexity index is 1320. The summed E-state index contributed by atoms with van der Waals surface area (Å²) in [6, 6.07) is 17.0. The van der Waals surface area contributed by atoms with Gasteiger partial charge in [0.25, 0.3) is 0 Å². The van der Waals surface area contributed by atoms with Gasteiger partial charge < -0.3 is 24.4 Å². The van der Waals surface area contributed by atoms with E-state index in [9.17, 15) is 4.39 Å². The Hall–Kier alpha value is -3.91. The van der Waals surface area contributed by atoms with Gasteiger partial charge in [-0.05, 0) is 48.4 Å². The van der Waals surface area contributed by atoms with Crippen LogP contribution < -0.4 is 19.7 Å². The number of hydrogen-bond acceptors (Lipinski definition) is 7. The first kappa shape index (κ1) is 22.9. The average Bonchev–Trinajstić information content (AvgIpc) is 2.89. The number of nitrogens with one attached hydrogen (secondary N) is 1. The van der Waals surface area contributed by atoms with Gasteiger partial charge in [-0.3, -0.25) is 0 Å². The van der Waals surface area contributed by atoms with Crippen molar-refractivity contribution in [2.24, 2.45) is 0 Å². The Morgan fingerprint density at radius 2 is 1.80 bits per heavy atom. The quantitative estimate of drug-likeness (QED) is 0.393. The van der Waals surface area contributed by atoms with Gasteiger partial charge in [0, 0.05) is 30.2 Å². The van der Waals surface area contributed by atoms with E-state index in [1.807, 2.05) is 19.1 Å². The minimum atomic E-state index is -0.344. The van der Waals surface area contributed by atoms with E-state index in [4.69, 9.17) is 14.2 Å². The first-order valence-corrected chi connectivity index (χ1v) is 11.5. The monoisotopic (exact) mass is 474 g/mol. The molecule has 0 saturated carbocycles. The molecule has 1 N–H and O–H groups in total. The largest absolute Gasteiger partial charge is 0.493 e. The third-order valence-corrected chi connectivity index (χ3v) is 6.01. The lowest BCUT2D eigenvalue weighted by molar-refractivity contribution is 0.122. The summed E-state index contributed by atoms with van der Waals surface area (Å²) in [5.74, 6) is 1.26. The van der Waals surface area contributed by atoms with E-state index >= 15 is 0 Å². The molecule has 0 amide bonds. The second kappa shape index (κ2) is 10.1. The fourth-order valence-electron chi connectivity index (χ4n) is 4.07. The predicted octanol–water partition coefficient (Wildman–Crippen LogP) is 5.25. The summed E-state index contributed by atoms with van der Waals surface area (Å²) in [6.07, 6.45) is 1.44. The van der Waals surface area contributed by atoms with Crippen LogP contribution in [0, 0.1) is 12.7 Å². The van der Waals surface area contributed by atoms with Crippen molar-refractivity contribution >= 4 is 28.1 Å². The van der Waals surface area contributed by atoms with E-state index in [1.54, 1.807) is 19.2 Å². The normalized spacial score (nSPS) is 13.6. The second-order valence-electron chi connectivity index (χ2n) is 8.41. The summed E-state index contributed by atoms with van der Waals surface area (Å²) in [4.78, 5) is 11.0. The first-order valence-electron chi connectivity index (χ1n) is 11.5. The zero-order valence-electron chi connectivity index (χ0n) is 19.8. The minimum Gasteiger partial charge on any atom is -0.493 e.